The van der Waals surface area contributed by atoms with Crippen LogP contribution in [0.25, 0.3) is 10.2 Å². The smallest absolute Gasteiger partial charge is 0.323 e. The minimum atomic E-state index is -0.164. The van der Waals surface area contributed by atoms with Crippen LogP contribution < -0.4 is 15.0 Å². The lowest BCUT2D eigenvalue weighted by Gasteiger charge is -2.29. The van der Waals surface area contributed by atoms with Crippen molar-refractivity contribution in [3.05, 3.63) is 12.1 Å². The standard InChI is InChI=1S/C18H27N5O3S/c1-21(2)7-8-22(3)18(24)20-17-19-15-14(25-4)6-5-13(16(15)27-17)23-9-11-26-12-10-23/h5-6H,7-12H2,1-4H3,(H,19,20,24). The highest BCUT2D eigenvalue weighted by molar-refractivity contribution is 7.23. The Kier molecular flexibility index (Phi) is 6.35. The van der Waals surface area contributed by atoms with Gasteiger partial charge < -0.3 is 24.2 Å². The zero-order valence-corrected chi connectivity index (χ0v) is 17.1. The highest BCUT2D eigenvalue weighted by Gasteiger charge is 2.20. The molecule has 0 spiro atoms. The third-order valence-electron chi connectivity index (χ3n) is 4.50. The lowest BCUT2D eigenvalue weighted by atomic mass is 10.2. The topological polar surface area (TPSA) is 70.2 Å². The molecule has 0 saturated carbocycles. The third kappa shape index (κ3) is 4.60. The summed E-state index contributed by atoms with van der Waals surface area (Å²) in [5.41, 5.74) is 1.88. The lowest BCUT2D eigenvalue weighted by molar-refractivity contribution is 0.123. The van der Waals surface area contributed by atoms with Gasteiger partial charge in [0.15, 0.2) is 5.13 Å². The van der Waals surface area contributed by atoms with E-state index in [0.717, 1.165) is 35.5 Å². The Labute approximate surface area is 163 Å². The number of thiazole rings is 1. The molecule has 0 bridgehead atoms. The number of methoxy groups -OCH3 is 1. The molecule has 1 aromatic heterocycles. The van der Waals surface area contributed by atoms with Crippen molar-refractivity contribution in [2.45, 2.75) is 0 Å². The van der Waals surface area contributed by atoms with E-state index in [-0.39, 0.29) is 6.03 Å². The molecule has 2 aromatic rings. The highest BCUT2D eigenvalue weighted by atomic mass is 32.1. The Morgan fingerprint density at radius 2 is 2.04 bits per heavy atom. The first-order valence-electron chi connectivity index (χ1n) is 8.96. The summed E-state index contributed by atoms with van der Waals surface area (Å²) in [6.45, 7) is 4.56. The van der Waals surface area contributed by atoms with Crippen molar-refractivity contribution in [2.24, 2.45) is 0 Å². The Morgan fingerprint density at radius 1 is 1.30 bits per heavy atom. The van der Waals surface area contributed by atoms with Crippen LogP contribution in [0.3, 0.4) is 0 Å². The van der Waals surface area contributed by atoms with E-state index in [1.165, 1.54) is 11.3 Å². The molecule has 1 fully saturated rings. The molecule has 3 rings (SSSR count). The number of rotatable bonds is 6. The molecule has 1 N–H and O–H groups in total. The molecule has 8 nitrogen and oxygen atoms in total. The van der Waals surface area contributed by atoms with Crippen LogP contribution >= 0.6 is 11.3 Å². The van der Waals surface area contributed by atoms with Gasteiger partial charge in [0.2, 0.25) is 0 Å². The molecule has 1 aliphatic heterocycles. The Morgan fingerprint density at radius 3 is 2.70 bits per heavy atom. The SMILES string of the molecule is COc1ccc(N2CCOCC2)c2sc(NC(=O)N(C)CCN(C)C)nc12. The lowest BCUT2D eigenvalue weighted by Crippen LogP contribution is -2.36. The van der Waals surface area contributed by atoms with E-state index >= 15 is 0 Å². The normalized spacial score (nSPS) is 14.6. The van der Waals surface area contributed by atoms with Crippen LogP contribution in [0.5, 0.6) is 5.75 Å². The van der Waals surface area contributed by atoms with Crippen LogP contribution in [-0.4, -0.2) is 88.5 Å². The number of carbonyl (C=O) groups excluding carboxylic acids is 1. The Bertz CT molecular complexity index is 789. The zero-order valence-electron chi connectivity index (χ0n) is 16.3. The quantitative estimate of drug-likeness (QED) is 0.811. The van der Waals surface area contributed by atoms with Gasteiger partial charge in [0.25, 0.3) is 0 Å². The summed E-state index contributed by atoms with van der Waals surface area (Å²) >= 11 is 1.47. The minimum absolute atomic E-state index is 0.164. The molecule has 1 aromatic carbocycles. The minimum Gasteiger partial charge on any atom is -0.494 e. The highest BCUT2D eigenvalue weighted by Crippen LogP contribution is 2.39. The first kappa shape index (κ1) is 19.7. The first-order valence-corrected chi connectivity index (χ1v) is 9.78. The molecule has 148 valence electrons. The van der Waals surface area contributed by atoms with Crippen LogP contribution in [0.15, 0.2) is 12.1 Å². The van der Waals surface area contributed by atoms with Crippen LogP contribution in [0, 0.1) is 0 Å². The number of urea groups is 1. The van der Waals surface area contributed by atoms with E-state index < -0.39 is 0 Å². The molecule has 0 aliphatic carbocycles. The summed E-state index contributed by atoms with van der Waals surface area (Å²) in [5.74, 6) is 0.708. The molecular formula is C18H27N5O3S. The monoisotopic (exact) mass is 393 g/mol. The van der Waals surface area contributed by atoms with E-state index in [0.29, 0.717) is 30.6 Å². The average molecular weight is 394 g/mol. The Balaban J connectivity index is 1.83. The van der Waals surface area contributed by atoms with Gasteiger partial charge >= 0.3 is 6.03 Å². The van der Waals surface area contributed by atoms with Gasteiger partial charge in [-0.1, -0.05) is 11.3 Å². The van der Waals surface area contributed by atoms with Gasteiger partial charge in [0, 0.05) is 33.2 Å². The molecule has 9 heteroatoms. The van der Waals surface area contributed by atoms with Crippen molar-refractivity contribution >= 4 is 38.4 Å². The number of likely N-dealkylation sites (N-methyl/N-ethyl adjacent to an activating group) is 2. The van der Waals surface area contributed by atoms with Crippen molar-refractivity contribution in [1.29, 1.82) is 0 Å². The number of nitrogens with one attached hydrogen (secondary N) is 1. The number of aromatic nitrogens is 1. The van der Waals surface area contributed by atoms with Gasteiger partial charge in [-0.2, -0.15) is 0 Å². The maximum atomic E-state index is 12.4. The molecule has 0 radical (unpaired) electrons. The summed E-state index contributed by atoms with van der Waals surface area (Å²) in [4.78, 5) is 23.1. The van der Waals surface area contributed by atoms with Crippen molar-refractivity contribution < 1.29 is 14.3 Å². The molecule has 2 amide bonds. The third-order valence-corrected chi connectivity index (χ3v) is 5.49. The van der Waals surface area contributed by atoms with Gasteiger partial charge in [-0.25, -0.2) is 9.78 Å². The fraction of sp³-hybridized carbons (Fsp3) is 0.556. The molecule has 2 heterocycles. The molecule has 1 aliphatic rings. The predicted molar refractivity (Wildman–Crippen MR) is 109 cm³/mol. The summed E-state index contributed by atoms with van der Waals surface area (Å²) in [6, 6.07) is 3.82. The summed E-state index contributed by atoms with van der Waals surface area (Å²) in [6.07, 6.45) is 0. The molecule has 27 heavy (non-hydrogen) atoms. The molecule has 1 saturated heterocycles. The van der Waals surface area contributed by atoms with Gasteiger partial charge in [-0.05, 0) is 26.2 Å². The number of hydrogen-bond acceptors (Lipinski definition) is 7. The van der Waals surface area contributed by atoms with E-state index in [4.69, 9.17) is 9.47 Å². The zero-order chi connectivity index (χ0) is 19.4. The average Bonchev–Trinajstić information content (AvgIpc) is 3.09. The summed E-state index contributed by atoms with van der Waals surface area (Å²) in [5, 5.41) is 3.49. The number of fused-ring (bicyclic) bond motifs is 1. The number of carbonyl (C=O) groups is 1. The number of anilines is 2. The van der Waals surface area contributed by atoms with E-state index in [1.54, 1.807) is 19.1 Å². The van der Waals surface area contributed by atoms with Crippen molar-refractivity contribution in [2.75, 3.05) is 77.9 Å². The van der Waals surface area contributed by atoms with Crippen LogP contribution in [0.1, 0.15) is 0 Å². The van der Waals surface area contributed by atoms with Crippen molar-refractivity contribution in [1.82, 2.24) is 14.8 Å². The number of amides is 2. The Hall–Kier alpha value is -2.10. The summed E-state index contributed by atoms with van der Waals surface area (Å²) in [7, 11) is 7.39. The predicted octanol–water partition coefficient (Wildman–Crippen LogP) is 2.17. The van der Waals surface area contributed by atoms with Crippen LogP contribution in [0.2, 0.25) is 0 Å². The molecule has 0 unspecified atom stereocenters. The number of nitrogens with zero attached hydrogens (tertiary/aromatic N) is 4. The maximum Gasteiger partial charge on any atom is 0.323 e. The van der Waals surface area contributed by atoms with E-state index in [9.17, 15) is 4.79 Å². The fourth-order valence-corrected chi connectivity index (χ4v) is 3.89. The van der Waals surface area contributed by atoms with Crippen LogP contribution in [0.4, 0.5) is 15.6 Å². The number of ether oxygens (including phenoxy) is 2. The first-order chi connectivity index (χ1) is 13.0. The second kappa shape index (κ2) is 8.73. The van der Waals surface area contributed by atoms with Gasteiger partial charge in [0.05, 0.1) is 30.7 Å². The number of benzene rings is 1. The fourth-order valence-electron chi connectivity index (χ4n) is 2.88. The van der Waals surface area contributed by atoms with E-state index in [1.807, 2.05) is 25.1 Å². The van der Waals surface area contributed by atoms with Gasteiger partial charge in [-0.15, -0.1) is 0 Å². The molecular weight excluding hydrogens is 366 g/mol. The van der Waals surface area contributed by atoms with Crippen molar-refractivity contribution in [3.8, 4) is 5.75 Å². The second-order valence-corrected chi connectivity index (χ2v) is 7.74. The number of hydrogen-bond donors (Lipinski definition) is 1. The van der Waals surface area contributed by atoms with Crippen LogP contribution in [-0.2, 0) is 4.74 Å². The second-order valence-electron chi connectivity index (χ2n) is 6.74. The van der Waals surface area contributed by atoms with E-state index in [2.05, 4.69) is 21.3 Å². The van der Waals surface area contributed by atoms with Crippen molar-refractivity contribution in [3.63, 3.8) is 0 Å². The van der Waals surface area contributed by atoms with Gasteiger partial charge in [-0.3, -0.25) is 5.32 Å². The maximum absolute atomic E-state index is 12.4. The summed E-state index contributed by atoms with van der Waals surface area (Å²) < 4.78 is 11.9. The largest absolute Gasteiger partial charge is 0.494 e. The number of morpholine rings is 1. The molecule has 0 atom stereocenters. The van der Waals surface area contributed by atoms with Gasteiger partial charge in [0.1, 0.15) is 11.3 Å².